The topological polar surface area (TPSA) is 79.2 Å². The lowest BCUT2D eigenvalue weighted by molar-refractivity contribution is -0.218. The lowest BCUT2D eigenvalue weighted by Gasteiger charge is -2.35. The first-order chi connectivity index (χ1) is 13.0. The summed E-state index contributed by atoms with van der Waals surface area (Å²) in [6.45, 7) is 3.89. The second-order valence-electron chi connectivity index (χ2n) is 7.45. The zero-order valence-electron chi connectivity index (χ0n) is 17.4. The Kier molecular flexibility index (Phi) is 11.8. The van der Waals surface area contributed by atoms with Gasteiger partial charge in [0.25, 0.3) is 0 Å². The van der Waals surface area contributed by atoms with E-state index in [0.29, 0.717) is 6.42 Å². The van der Waals surface area contributed by atoms with Gasteiger partial charge < -0.3 is 19.7 Å². The van der Waals surface area contributed by atoms with E-state index in [9.17, 15) is 9.90 Å². The largest absolute Gasteiger partial charge is 0.481 e. The Morgan fingerprint density at radius 1 is 1.22 bits per heavy atom. The second kappa shape index (κ2) is 13.3. The molecule has 27 heavy (non-hydrogen) atoms. The number of allylic oxidation sites excluding steroid dienone is 1. The summed E-state index contributed by atoms with van der Waals surface area (Å²) in [5.74, 6) is -1.36. The van der Waals surface area contributed by atoms with Crippen molar-refractivity contribution in [3.05, 3.63) is 12.2 Å². The van der Waals surface area contributed by atoms with E-state index in [-0.39, 0.29) is 18.6 Å². The van der Waals surface area contributed by atoms with Crippen LogP contribution in [0.15, 0.2) is 12.2 Å². The molecule has 0 aromatic rings. The third-order valence-electron chi connectivity index (χ3n) is 5.56. The molecular formula is C21H39NO5. The molecule has 1 fully saturated rings. The van der Waals surface area contributed by atoms with Gasteiger partial charge in [-0.25, -0.2) is 0 Å². The summed E-state index contributed by atoms with van der Waals surface area (Å²) in [5, 5.41) is 18.9. The van der Waals surface area contributed by atoms with Gasteiger partial charge in [-0.2, -0.15) is 0 Å². The van der Waals surface area contributed by atoms with E-state index in [4.69, 9.17) is 14.6 Å². The Bertz CT molecular complexity index is 436. The molecule has 0 aromatic carbocycles. The van der Waals surface area contributed by atoms with Crippen LogP contribution in [0.25, 0.3) is 0 Å². The average Bonchev–Trinajstić information content (AvgIpc) is 3.01. The van der Waals surface area contributed by atoms with Crippen LogP contribution in [0, 0.1) is 0 Å². The predicted molar refractivity (Wildman–Crippen MR) is 107 cm³/mol. The van der Waals surface area contributed by atoms with E-state index in [2.05, 4.69) is 24.0 Å². The van der Waals surface area contributed by atoms with Crippen molar-refractivity contribution in [1.82, 2.24) is 4.90 Å². The number of hydrogen-bond donors (Lipinski definition) is 2. The molecule has 2 atom stereocenters. The van der Waals surface area contributed by atoms with Crippen LogP contribution in [0.2, 0.25) is 0 Å². The number of carboxylic acid groups (broad SMARTS) is 1. The molecule has 0 spiro atoms. The minimum Gasteiger partial charge on any atom is -0.481 e. The molecule has 0 amide bonds. The first kappa shape index (κ1) is 24.1. The lowest BCUT2D eigenvalue weighted by Crippen LogP contribution is -2.47. The SMILES string of the molecule is CCCCCC(O)CCN1CCC(OC)(OC)[C@@H]1CC=CCCCC(=O)O. The van der Waals surface area contributed by atoms with Gasteiger partial charge in [-0.1, -0.05) is 38.3 Å². The van der Waals surface area contributed by atoms with Crippen molar-refractivity contribution in [2.75, 3.05) is 27.3 Å². The normalized spacial score (nSPS) is 21.1. The number of methoxy groups -OCH3 is 2. The Hall–Kier alpha value is -0.950. The Balaban J connectivity index is 2.54. The van der Waals surface area contributed by atoms with Gasteiger partial charge in [0.1, 0.15) is 0 Å². The van der Waals surface area contributed by atoms with Gasteiger partial charge in [-0.05, 0) is 32.1 Å². The van der Waals surface area contributed by atoms with Crippen molar-refractivity contribution in [2.24, 2.45) is 0 Å². The molecule has 1 rings (SSSR count). The second-order valence-corrected chi connectivity index (χ2v) is 7.45. The molecule has 0 aliphatic carbocycles. The van der Waals surface area contributed by atoms with Crippen molar-refractivity contribution >= 4 is 5.97 Å². The van der Waals surface area contributed by atoms with Crippen LogP contribution in [0.3, 0.4) is 0 Å². The number of nitrogens with zero attached hydrogens (tertiary/aromatic N) is 1. The Labute approximate surface area is 164 Å². The molecule has 1 aliphatic heterocycles. The summed E-state index contributed by atoms with van der Waals surface area (Å²) in [6, 6.07) is 0.103. The van der Waals surface area contributed by atoms with Crippen LogP contribution in [0.1, 0.15) is 71.1 Å². The number of unbranched alkanes of at least 4 members (excludes halogenated alkanes) is 3. The third-order valence-corrected chi connectivity index (χ3v) is 5.56. The summed E-state index contributed by atoms with van der Waals surface area (Å²) >= 11 is 0. The highest BCUT2D eigenvalue weighted by Gasteiger charge is 2.47. The number of likely N-dealkylation sites (tertiary alicyclic amines) is 1. The van der Waals surface area contributed by atoms with Gasteiger partial charge in [0.05, 0.1) is 12.1 Å². The maximum Gasteiger partial charge on any atom is 0.303 e. The predicted octanol–water partition coefficient (Wildman–Crippen LogP) is 3.58. The fraction of sp³-hybridized carbons (Fsp3) is 0.857. The molecule has 1 aliphatic rings. The van der Waals surface area contributed by atoms with Crippen molar-refractivity contribution in [3.63, 3.8) is 0 Å². The summed E-state index contributed by atoms with van der Waals surface area (Å²) in [4.78, 5) is 12.9. The summed E-state index contributed by atoms with van der Waals surface area (Å²) in [7, 11) is 3.38. The van der Waals surface area contributed by atoms with Crippen LogP contribution in [-0.4, -0.2) is 66.3 Å². The van der Waals surface area contributed by atoms with Gasteiger partial charge in [-0.3, -0.25) is 9.69 Å². The number of hydrogen-bond acceptors (Lipinski definition) is 5. The molecule has 158 valence electrons. The summed E-state index contributed by atoms with van der Waals surface area (Å²) in [6.07, 6.45) is 12.2. The minimum atomic E-state index is -0.749. The molecule has 6 nitrogen and oxygen atoms in total. The van der Waals surface area contributed by atoms with E-state index >= 15 is 0 Å². The van der Waals surface area contributed by atoms with Crippen molar-refractivity contribution < 1.29 is 24.5 Å². The van der Waals surface area contributed by atoms with E-state index in [0.717, 1.165) is 51.6 Å². The summed E-state index contributed by atoms with van der Waals surface area (Å²) in [5.41, 5.74) is 0. The molecular weight excluding hydrogens is 346 g/mol. The van der Waals surface area contributed by atoms with Gasteiger partial charge >= 0.3 is 5.97 Å². The number of carboxylic acids is 1. The quantitative estimate of drug-likeness (QED) is 0.255. The van der Waals surface area contributed by atoms with Gasteiger partial charge in [0, 0.05) is 40.2 Å². The highest BCUT2D eigenvalue weighted by atomic mass is 16.7. The number of aliphatic carboxylic acids is 1. The van der Waals surface area contributed by atoms with E-state index in [1.165, 1.54) is 12.8 Å². The van der Waals surface area contributed by atoms with Crippen LogP contribution >= 0.6 is 0 Å². The smallest absolute Gasteiger partial charge is 0.303 e. The van der Waals surface area contributed by atoms with Crippen LogP contribution in [0.4, 0.5) is 0 Å². The molecule has 1 saturated heterocycles. The monoisotopic (exact) mass is 385 g/mol. The van der Waals surface area contributed by atoms with E-state index < -0.39 is 11.8 Å². The number of ether oxygens (including phenoxy) is 2. The molecule has 0 bridgehead atoms. The highest BCUT2D eigenvalue weighted by molar-refractivity contribution is 5.66. The van der Waals surface area contributed by atoms with Crippen molar-refractivity contribution in [3.8, 4) is 0 Å². The highest BCUT2D eigenvalue weighted by Crippen LogP contribution is 2.35. The van der Waals surface area contributed by atoms with Crippen molar-refractivity contribution in [1.29, 1.82) is 0 Å². The first-order valence-corrected chi connectivity index (χ1v) is 10.4. The van der Waals surface area contributed by atoms with Crippen LogP contribution in [-0.2, 0) is 14.3 Å². The van der Waals surface area contributed by atoms with Crippen LogP contribution in [0.5, 0.6) is 0 Å². The molecule has 1 heterocycles. The zero-order valence-corrected chi connectivity index (χ0v) is 17.4. The average molecular weight is 386 g/mol. The zero-order chi connectivity index (χ0) is 20.1. The lowest BCUT2D eigenvalue weighted by atomic mass is 10.0. The van der Waals surface area contributed by atoms with Gasteiger partial charge in [-0.15, -0.1) is 0 Å². The van der Waals surface area contributed by atoms with Crippen molar-refractivity contribution in [2.45, 2.75) is 89.1 Å². The number of aliphatic hydroxyl groups is 1. The first-order valence-electron chi connectivity index (χ1n) is 10.4. The molecule has 1 unspecified atom stereocenters. The van der Waals surface area contributed by atoms with Gasteiger partial charge in [0.2, 0.25) is 0 Å². The molecule has 6 heteroatoms. The number of aliphatic hydroxyl groups excluding tert-OH is 1. The van der Waals surface area contributed by atoms with Gasteiger partial charge in [0.15, 0.2) is 5.79 Å². The Morgan fingerprint density at radius 3 is 2.59 bits per heavy atom. The minimum absolute atomic E-state index is 0.103. The van der Waals surface area contributed by atoms with Crippen LogP contribution < -0.4 is 0 Å². The molecule has 0 saturated carbocycles. The molecule has 0 aromatic heterocycles. The standard InChI is InChI=1S/C21H39NO5/c1-4-5-8-11-18(23)14-16-22-17-15-21(26-2,27-3)19(22)12-9-6-7-10-13-20(24)25/h6,9,18-19,23H,4-5,7-8,10-17H2,1-3H3,(H,24,25)/t18?,19-/m0/s1. The fourth-order valence-corrected chi connectivity index (χ4v) is 3.86. The Morgan fingerprint density at radius 2 is 1.96 bits per heavy atom. The van der Waals surface area contributed by atoms with E-state index in [1.54, 1.807) is 14.2 Å². The molecule has 0 radical (unpaired) electrons. The maximum absolute atomic E-state index is 10.6. The molecule has 2 N–H and O–H groups in total. The number of rotatable bonds is 15. The maximum atomic E-state index is 10.6. The number of carbonyl (C=O) groups is 1. The summed E-state index contributed by atoms with van der Waals surface area (Å²) < 4.78 is 11.5. The third kappa shape index (κ3) is 8.30. The van der Waals surface area contributed by atoms with E-state index in [1.807, 2.05) is 0 Å². The fourth-order valence-electron chi connectivity index (χ4n) is 3.86.